The van der Waals surface area contributed by atoms with Gasteiger partial charge in [0.25, 0.3) is 0 Å². The molecule has 1 atom stereocenters. The molecule has 0 aliphatic heterocycles. The van der Waals surface area contributed by atoms with E-state index >= 15 is 0 Å². The molecule has 1 heteroatoms. The minimum atomic E-state index is 0.143. The van der Waals surface area contributed by atoms with Gasteiger partial charge in [0, 0.05) is 5.92 Å². The van der Waals surface area contributed by atoms with Gasteiger partial charge in [-0.2, -0.15) is 0 Å². The van der Waals surface area contributed by atoms with Crippen molar-refractivity contribution in [2.45, 2.75) is 26.7 Å². The monoisotopic (exact) mass is 126 g/mol. The van der Waals surface area contributed by atoms with E-state index < -0.39 is 0 Å². The van der Waals surface area contributed by atoms with Crippen LogP contribution in [0.3, 0.4) is 0 Å². The average Bonchev–Trinajstić information content (AvgIpc) is 1.91. The van der Waals surface area contributed by atoms with Gasteiger partial charge < -0.3 is 4.79 Å². The normalized spacial score (nSPS) is 14.0. The van der Waals surface area contributed by atoms with Crippen LogP contribution in [0.4, 0.5) is 0 Å². The Morgan fingerprint density at radius 1 is 1.44 bits per heavy atom. The number of aldehydes is 1. The van der Waals surface area contributed by atoms with Crippen LogP contribution in [0.25, 0.3) is 0 Å². The first kappa shape index (κ1) is 8.41. The number of carbonyl (C=O) groups excluding carboxylic acids is 1. The van der Waals surface area contributed by atoms with Gasteiger partial charge in [0.2, 0.25) is 0 Å². The van der Waals surface area contributed by atoms with E-state index in [4.69, 9.17) is 0 Å². The summed E-state index contributed by atoms with van der Waals surface area (Å²) in [5, 5.41) is 0. The highest BCUT2D eigenvalue weighted by Gasteiger charge is 1.94. The Hall–Kier alpha value is -0.590. The molecule has 0 amide bonds. The maximum atomic E-state index is 10.2. The van der Waals surface area contributed by atoms with Crippen molar-refractivity contribution in [3.8, 4) is 0 Å². The van der Waals surface area contributed by atoms with Crippen molar-refractivity contribution >= 4 is 6.29 Å². The van der Waals surface area contributed by atoms with Gasteiger partial charge in [-0.05, 0) is 12.8 Å². The summed E-state index contributed by atoms with van der Waals surface area (Å²) in [5.74, 6) is 0.143. The second-order valence-electron chi connectivity index (χ2n) is 2.04. The van der Waals surface area contributed by atoms with Crippen LogP contribution >= 0.6 is 0 Å². The third-order valence-corrected chi connectivity index (χ3v) is 1.27. The molecule has 0 aromatic carbocycles. The number of rotatable bonds is 4. The lowest BCUT2D eigenvalue weighted by Gasteiger charge is -1.95. The van der Waals surface area contributed by atoms with E-state index in [9.17, 15) is 4.79 Å². The Balaban J connectivity index is 3.54. The fraction of sp³-hybridized carbons (Fsp3) is 0.625. The van der Waals surface area contributed by atoms with Crippen molar-refractivity contribution in [1.29, 1.82) is 0 Å². The Labute approximate surface area is 56.8 Å². The molecule has 0 radical (unpaired) electrons. The van der Waals surface area contributed by atoms with Gasteiger partial charge in [-0.1, -0.05) is 26.0 Å². The van der Waals surface area contributed by atoms with Crippen LogP contribution in [0.5, 0.6) is 0 Å². The number of allylic oxidation sites excluding steroid dienone is 2. The summed E-state index contributed by atoms with van der Waals surface area (Å²) in [6, 6.07) is 0. The van der Waals surface area contributed by atoms with Gasteiger partial charge in [-0.3, -0.25) is 0 Å². The van der Waals surface area contributed by atoms with Gasteiger partial charge in [0.05, 0.1) is 0 Å². The summed E-state index contributed by atoms with van der Waals surface area (Å²) in [6.45, 7) is 4.08. The summed E-state index contributed by atoms with van der Waals surface area (Å²) in [7, 11) is 0. The zero-order valence-electron chi connectivity index (χ0n) is 6.13. The van der Waals surface area contributed by atoms with Gasteiger partial charge in [0.1, 0.15) is 6.29 Å². The molecule has 0 heterocycles. The third-order valence-electron chi connectivity index (χ3n) is 1.27. The van der Waals surface area contributed by atoms with Gasteiger partial charge in [0.15, 0.2) is 0 Å². The molecular formula is C8H14O. The largest absolute Gasteiger partial charge is 0.303 e. The molecule has 0 bridgehead atoms. The highest BCUT2D eigenvalue weighted by molar-refractivity contribution is 5.56. The topological polar surface area (TPSA) is 17.1 Å². The second-order valence-corrected chi connectivity index (χ2v) is 2.04. The zero-order valence-corrected chi connectivity index (χ0v) is 6.13. The molecule has 1 unspecified atom stereocenters. The molecule has 0 aliphatic rings. The molecule has 0 aromatic heterocycles. The van der Waals surface area contributed by atoms with E-state index in [1.54, 1.807) is 0 Å². The van der Waals surface area contributed by atoms with Crippen molar-refractivity contribution in [2.24, 2.45) is 5.92 Å². The van der Waals surface area contributed by atoms with E-state index in [2.05, 4.69) is 6.92 Å². The molecule has 52 valence electrons. The predicted molar refractivity (Wildman–Crippen MR) is 39.3 cm³/mol. The fourth-order valence-corrected chi connectivity index (χ4v) is 0.589. The molecule has 0 aliphatic carbocycles. The number of hydrogen-bond donors (Lipinski definition) is 0. The molecule has 0 saturated heterocycles. The number of hydrogen-bond acceptors (Lipinski definition) is 1. The summed E-state index contributed by atoms with van der Waals surface area (Å²) >= 11 is 0. The van der Waals surface area contributed by atoms with Crippen LogP contribution in [-0.2, 0) is 4.79 Å². The van der Waals surface area contributed by atoms with Gasteiger partial charge >= 0.3 is 0 Å². The van der Waals surface area contributed by atoms with Crippen molar-refractivity contribution in [1.82, 2.24) is 0 Å². The molecule has 0 fully saturated rings. The van der Waals surface area contributed by atoms with Crippen molar-refractivity contribution in [2.75, 3.05) is 0 Å². The maximum Gasteiger partial charge on any atom is 0.126 e. The molecule has 0 rings (SSSR count). The van der Waals surface area contributed by atoms with E-state index in [1.807, 2.05) is 19.1 Å². The molecule has 9 heavy (non-hydrogen) atoms. The highest BCUT2D eigenvalue weighted by Crippen LogP contribution is 1.99. The van der Waals surface area contributed by atoms with Crippen LogP contribution in [0.15, 0.2) is 12.2 Å². The average molecular weight is 126 g/mol. The Morgan fingerprint density at radius 2 is 2.11 bits per heavy atom. The van der Waals surface area contributed by atoms with Crippen molar-refractivity contribution in [3.05, 3.63) is 12.2 Å². The van der Waals surface area contributed by atoms with Crippen molar-refractivity contribution in [3.63, 3.8) is 0 Å². The Bertz CT molecular complexity index is 94.7. The van der Waals surface area contributed by atoms with Gasteiger partial charge in [-0.15, -0.1) is 0 Å². The minimum absolute atomic E-state index is 0.143. The highest BCUT2D eigenvalue weighted by atomic mass is 16.1. The van der Waals surface area contributed by atoms with Crippen LogP contribution in [-0.4, -0.2) is 6.29 Å². The molecule has 0 N–H and O–H groups in total. The minimum Gasteiger partial charge on any atom is -0.303 e. The first-order valence-electron chi connectivity index (χ1n) is 3.47. The zero-order chi connectivity index (χ0) is 7.11. The van der Waals surface area contributed by atoms with Gasteiger partial charge in [-0.25, -0.2) is 0 Å². The predicted octanol–water partition coefficient (Wildman–Crippen LogP) is 2.18. The lowest BCUT2D eigenvalue weighted by atomic mass is 10.1. The first-order valence-corrected chi connectivity index (χ1v) is 3.47. The van der Waals surface area contributed by atoms with Crippen LogP contribution in [0.1, 0.15) is 26.7 Å². The van der Waals surface area contributed by atoms with Crippen LogP contribution < -0.4 is 0 Å². The van der Waals surface area contributed by atoms with E-state index in [0.29, 0.717) is 0 Å². The van der Waals surface area contributed by atoms with Crippen molar-refractivity contribution < 1.29 is 4.79 Å². The SMILES string of the molecule is CCC=CC(C=O)CC. The summed E-state index contributed by atoms with van der Waals surface area (Å²) < 4.78 is 0. The quantitative estimate of drug-likeness (QED) is 0.417. The third kappa shape index (κ3) is 3.95. The van der Waals surface area contributed by atoms with E-state index in [1.165, 1.54) is 0 Å². The smallest absolute Gasteiger partial charge is 0.126 e. The number of carbonyl (C=O) groups is 1. The molecular weight excluding hydrogens is 112 g/mol. The molecule has 0 spiro atoms. The van der Waals surface area contributed by atoms with E-state index in [0.717, 1.165) is 19.1 Å². The molecule has 0 aromatic rings. The lowest BCUT2D eigenvalue weighted by molar-refractivity contribution is -0.109. The fourth-order valence-electron chi connectivity index (χ4n) is 0.589. The first-order chi connectivity index (χ1) is 4.35. The Morgan fingerprint density at radius 3 is 2.44 bits per heavy atom. The maximum absolute atomic E-state index is 10.2. The van der Waals surface area contributed by atoms with E-state index in [-0.39, 0.29) is 5.92 Å². The summed E-state index contributed by atoms with van der Waals surface area (Å²) in [5.41, 5.74) is 0. The lowest BCUT2D eigenvalue weighted by Crippen LogP contribution is -1.93. The molecule has 0 saturated carbocycles. The van der Waals surface area contributed by atoms with Crippen LogP contribution in [0.2, 0.25) is 0 Å². The van der Waals surface area contributed by atoms with Crippen LogP contribution in [0, 0.1) is 5.92 Å². The standard InChI is InChI=1S/C8H14O/c1-3-5-6-8(4-2)7-9/h5-8H,3-4H2,1-2H3. The molecule has 1 nitrogen and oxygen atoms in total. The Kier molecular flexibility index (Phi) is 5.18. The second kappa shape index (κ2) is 5.54. The summed E-state index contributed by atoms with van der Waals surface area (Å²) in [6.07, 6.45) is 6.92. The summed E-state index contributed by atoms with van der Waals surface area (Å²) in [4.78, 5) is 10.2.